The fraction of sp³-hybridized carbons (Fsp3) is 0.231. The number of carbonyl (C=O) groups is 2. The smallest absolute Gasteiger partial charge is 0.254 e. The molecule has 3 aromatic carbocycles. The Balaban J connectivity index is 1.29. The number of benzene rings is 3. The SMILES string of the molecule is Cc1ccccc1C(=O)N1CCC(C(=O)Nc2ccc(Nc3ccccc3)cc2)CC1. The molecule has 5 heteroatoms. The van der Waals surface area contributed by atoms with Gasteiger partial charge in [0.2, 0.25) is 5.91 Å². The fourth-order valence-corrected chi connectivity index (χ4v) is 3.90. The van der Waals surface area contributed by atoms with Crippen LogP contribution < -0.4 is 10.6 Å². The third kappa shape index (κ3) is 5.12. The molecule has 0 spiro atoms. The van der Waals surface area contributed by atoms with Crippen LogP contribution in [0.15, 0.2) is 78.9 Å². The molecule has 1 aliphatic rings. The van der Waals surface area contributed by atoms with Crippen molar-refractivity contribution >= 4 is 28.9 Å². The minimum Gasteiger partial charge on any atom is -0.356 e. The number of hydrogen-bond acceptors (Lipinski definition) is 3. The van der Waals surface area contributed by atoms with Gasteiger partial charge in [-0.05, 0) is 67.8 Å². The third-order valence-electron chi connectivity index (χ3n) is 5.74. The van der Waals surface area contributed by atoms with Gasteiger partial charge in [-0.3, -0.25) is 9.59 Å². The van der Waals surface area contributed by atoms with Gasteiger partial charge in [-0.15, -0.1) is 0 Å². The Bertz CT molecular complexity index is 1040. The lowest BCUT2D eigenvalue weighted by Gasteiger charge is -2.31. The summed E-state index contributed by atoms with van der Waals surface area (Å²) in [5.74, 6) is -0.00624. The number of hydrogen-bond donors (Lipinski definition) is 2. The van der Waals surface area contributed by atoms with E-state index in [9.17, 15) is 9.59 Å². The molecule has 2 N–H and O–H groups in total. The van der Waals surface area contributed by atoms with Crippen molar-refractivity contribution < 1.29 is 9.59 Å². The molecule has 0 saturated carbocycles. The maximum Gasteiger partial charge on any atom is 0.254 e. The van der Waals surface area contributed by atoms with E-state index in [1.807, 2.05) is 90.7 Å². The molecular formula is C26H27N3O2. The molecule has 158 valence electrons. The summed E-state index contributed by atoms with van der Waals surface area (Å²) < 4.78 is 0. The number of nitrogens with one attached hydrogen (secondary N) is 2. The van der Waals surface area contributed by atoms with Crippen molar-refractivity contribution in [2.45, 2.75) is 19.8 Å². The average Bonchev–Trinajstić information content (AvgIpc) is 2.81. The highest BCUT2D eigenvalue weighted by molar-refractivity contribution is 5.96. The molecule has 31 heavy (non-hydrogen) atoms. The number of anilines is 3. The van der Waals surface area contributed by atoms with Crippen molar-refractivity contribution in [3.63, 3.8) is 0 Å². The zero-order valence-electron chi connectivity index (χ0n) is 17.7. The number of amides is 2. The second kappa shape index (κ2) is 9.47. The van der Waals surface area contributed by atoms with Crippen LogP contribution in [0.3, 0.4) is 0 Å². The predicted octanol–water partition coefficient (Wildman–Crippen LogP) is 5.23. The zero-order valence-corrected chi connectivity index (χ0v) is 17.7. The number of nitrogens with zero attached hydrogens (tertiary/aromatic N) is 1. The minimum atomic E-state index is -0.0805. The van der Waals surface area contributed by atoms with Crippen molar-refractivity contribution in [2.24, 2.45) is 5.92 Å². The quantitative estimate of drug-likeness (QED) is 0.602. The summed E-state index contributed by atoms with van der Waals surface area (Å²) in [7, 11) is 0. The van der Waals surface area contributed by atoms with Crippen molar-refractivity contribution in [3.05, 3.63) is 90.0 Å². The first kappa shape index (κ1) is 20.7. The van der Waals surface area contributed by atoms with Gasteiger partial charge in [0.25, 0.3) is 5.91 Å². The normalized spacial score (nSPS) is 14.2. The summed E-state index contributed by atoms with van der Waals surface area (Å²) in [6.45, 7) is 3.16. The fourth-order valence-electron chi connectivity index (χ4n) is 3.90. The summed E-state index contributed by atoms with van der Waals surface area (Å²) in [5.41, 5.74) is 4.49. The molecule has 1 heterocycles. The lowest BCUT2D eigenvalue weighted by molar-refractivity contribution is -0.121. The van der Waals surface area contributed by atoms with Gasteiger partial charge < -0.3 is 15.5 Å². The average molecular weight is 414 g/mol. The first-order chi connectivity index (χ1) is 15.1. The lowest BCUT2D eigenvalue weighted by Crippen LogP contribution is -2.41. The number of aryl methyl sites for hydroxylation is 1. The molecule has 5 nitrogen and oxygen atoms in total. The monoisotopic (exact) mass is 413 g/mol. The van der Waals surface area contributed by atoms with Gasteiger partial charge in [-0.25, -0.2) is 0 Å². The summed E-state index contributed by atoms with van der Waals surface area (Å²) in [6, 6.07) is 25.3. The standard InChI is InChI=1S/C26H27N3O2/c1-19-7-5-6-10-24(19)26(31)29-17-15-20(16-18-29)25(30)28-23-13-11-22(12-14-23)27-21-8-3-2-4-9-21/h2-14,20,27H,15-18H2,1H3,(H,28,30). The van der Waals surface area contributed by atoms with Crippen LogP contribution in [0.1, 0.15) is 28.8 Å². The molecule has 2 amide bonds. The van der Waals surface area contributed by atoms with Gasteiger partial charge in [0.05, 0.1) is 0 Å². The molecule has 0 unspecified atom stereocenters. The van der Waals surface area contributed by atoms with Gasteiger partial charge >= 0.3 is 0 Å². The molecular weight excluding hydrogens is 386 g/mol. The van der Waals surface area contributed by atoms with E-state index < -0.39 is 0 Å². The van der Waals surface area contributed by atoms with E-state index in [-0.39, 0.29) is 17.7 Å². The van der Waals surface area contributed by atoms with Crippen molar-refractivity contribution in [1.82, 2.24) is 4.90 Å². The van der Waals surface area contributed by atoms with E-state index in [1.54, 1.807) is 0 Å². The molecule has 0 aromatic heterocycles. The molecule has 0 atom stereocenters. The topological polar surface area (TPSA) is 61.4 Å². The van der Waals surface area contributed by atoms with E-state index in [4.69, 9.17) is 0 Å². The van der Waals surface area contributed by atoms with Crippen LogP contribution in [0.4, 0.5) is 17.1 Å². The highest BCUT2D eigenvalue weighted by Gasteiger charge is 2.28. The van der Waals surface area contributed by atoms with Gasteiger partial charge in [0.15, 0.2) is 0 Å². The summed E-state index contributed by atoms with van der Waals surface area (Å²) >= 11 is 0. The van der Waals surface area contributed by atoms with Crippen molar-refractivity contribution in [1.29, 1.82) is 0 Å². The summed E-state index contributed by atoms with van der Waals surface area (Å²) in [6.07, 6.45) is 1.36. The summed E-state index contributed by atoms with van der Waals surface area (Å²) in [4.78, 5) is 27.3. The Kier molecular flexibility index (Phi) is 6.32. The highest BCUT2D eigenvalue weighted by atomic mass is 16.2. The first-order valence-electron chi connectivity index (χ1n) is 10.7. The number of piperidine rings is 1. The predicted molar refractivity (Wildman–Crippen MR) is 125 cm³/mol. The first-order valence-corrected chi connectivity index (χ1v) is 10.7. The van der Waals surface area contributed by atoms with Crippen LogP contribution in [0.2, 0.25) is 0 Å². The van der Waals surface area contributed by atoms with Crippen LogP contribution in [-0.2, 0) is 4.79 Å². The van der Waals surface area contributed by atoms with Crippen molar-refractivity contribution in [3.8, 4) is 0 Å². The van der Waals surface area contributed by atoms with E-state index in [1.165, 1.54) is 0 Å². The van der Waals surface area contributed by atoms with Gasteiger partial charge in [-0.1, -0.05) is 36.4 Å². The molecule has 1 saturated heterocycles. The summed E-state index contributed by atoms with van der Waals surface area (Å²) in [5, 5.41) is 6.35. The second-order valence-electron chi connectivity index (χ2n) is 7.94. The Hall–Kier alpha value is -3.60. The lowest BCUT2D eigenvalue weighted by atomic mass is 9.95. The second-order valence-corrected chi connectivity index (χ2v) is 7.94. The highest BCUT2D eigenvalue weighted by Crippen LogP contribution is 2.23. The Morgan fingerprint density at radius 3 is 2.03 bits per heavy atom. The van der Waals surface area contributed by atoms with E-state index in [2.05, 4.69) is 10.6 Å². The van der Waals surface area contributed by atoms with Crippen LogP contribution in [0.5, 0.6) is 0 Å². The zero-order chi connectivity index (χ0) is 21.6. The molecule has 3 aromatic rings. The number of likely N-dealkylation sites (tertiary alicyclic amines) is 1. The van der Waals surface area contributed by atoms with E-state index in [0.717, 1.165) is 28.2 Å². The molecule has 0 bridgehead atoms. The number of rotatable bonds is 5. The third-order valence-corrected chi connectivity index (χ3v) is 5.74. The molecule has 0 aliphatic carbocycles. The van der Waals surface area contributed by atoms with Crippen LogP contribution in [0, 0.1) is 12.8 Å². The van der Waals surface area contributed by atoms with Crippen molar-refractivity contribution in [2.75, 3.05) is 23.7 Å². The van der Waals surface area contributed by atoms with Crippen LogP contribution in [0.25, 0.3) is 0 Å². The molecule has 4 rings (SSSR count). The minimum absolute atomic E-state index is 0.0201. The largest absolute Gasteiger partial charge is 0.356 e. The number of para-hydroxylation sites is 1. The molecule has 1 aliphatic heterocycles. The Morgan fingerprint density at radius 1 is 0.774 bits per heavy atom. The Morgan fingerprint density at radius 2 is 1.35 bits per heavy atom. The molecule has 1 fully saturated rings. The maximum atomic E-state index is 12.8. The Labute approximate surface area is 183 Å². The van der Waals surface area contributed by atoms with Crippen LogP contribution >= 0.6 is 0 Å². The van der Waals surface area contributed by atoms with E-state index >= 15 is 0 Å². The van der Waals surface area contributed by atoms with Gasteiger partial charge in [-0.2, -0.15) is 0 Å². The molecule has 0 radical (unpaired) electrons. The van der Waals surface area contributed by atoms with Crippen LogP contribution in [-0.4, -0.2) is 29.8 Å². The maximum absolute atomic E-state index is 12.8. The van der Waals surface area contributed by atoms with E-state index in [0.29, 0.717) is 25.9 Å². The number of carbonyl (C=O) groups excluding carboxylic acids is 2. The van der Waals surface area contributed by atoms with Gasteiger partial charge in [0, 0.05) is 41.6 Å². The van der Waals surface area contributed by atoms with Gasteiger partial charge in [0.1, 0.15) is 0 Å².